The number of hydrogen-bond donors (Lipinski definition) is 1. The third-order valence-corrected chi connectivity index (χ3v) is 4.18. The average molecular weight is 333 g/mol. The van der Waals surface area contributed by atoms with Gasteiger partial charge in [0.05, 0.1) is 10.5 Å². The molecule has 0 amide bonds. The number of piperazine rings is 1. The second-order valence-corrected chi connectivity index (χ2v) is 5.82. The van der Waals surface area contributed by atoms with Crippen molar-refractivity contribution in [3.8, 4) is 0 Å². The van der Waals surface area contributed by atoms with Gasteiger partial charge in [0.25, 0.3) is 0 Å². The van der Waals surface area contributed by atoms with E-state index in [-0.39, 0.29) is 0 Å². The molecule has 8 heteroatoms. The van der Waals surface area contributed by atoms with Crippen LogP contribution >= 0.6 is 11.6 Å². The molecule has 0 atom stereocenters. The Morgan fingerprint density at radius 2 is 1.83 bits per heavy atom. The van der Waals surface area contributed by atoms with E-state index in [0.29, 0.717) is 23.9 Å². The number of aromatic amines is 1. The molecule has 1 fully saturated rings. The Kier molecular flexibility index (Phi) is 3.49. The van der Waals surface area contributed by atoms with Gasteiger partial charge in [0.1, 0.15) is 5.52 Å². The predicted octanol–water partition coefficient (Wildman–Crippen LogP) is 2.47. The van der Waals surface area contributed by atoms with Gasteiger partial charge in [-0.3, -0.25) is 10.1 Å². The minimum absolute atomic E-state index is 0.305. The van der Waals surface area contributed by atoms with Crippen LogP contribution in [0.25, 0.3) is 11.0 Å². The van der Waals surface area contributed by atoms with E-state index in [1.54, 1.807) is 6.20 Å². The normalized spacial score (nSPS) is 15.4. The number of nitrogens with zero attached hydrogens (tertiary/aromatic N) is 5. The molecule has 3 aromatic rings. The fourth-order valence-corrected chi connectivity index (χ4v) is 2.98. The summed E-state index contributed by atoms with van der Waals surface area (Å²) < 4.78 is 14.0. The molecule has 23 heavy (non-hydrogen) atoms. The number of rotatable bonds is 2. The smallest absolute Gasteiger partial charge is 0.177 e. The van der Waals surface area contributed by atoms with E-state index >= 15 is 0 Å². The third-order valence-electron chi connectivity index (χ3n) is 3.97. The standard InChI is InChI=1S/C15H14ClFN6/c16-10-8-11(17)14(19-9-10)22-4-6-23(7-5-22)15-13-12(20-21-15)2-1-3-18-13/h1-3,8-9H,4-7H2,(H,20,21). The van der Waals surface area contributed by atoms with Crippen molar-refractivity contribution in [3.63, 3.8) is 0 Å². The number of halogens is 2. The highest BCUT2D eigenvalue weighted by molar-refractivity contribution is 6.30. The third kappa shape index (κ3) is 2.57. The predicted molar refractivity (Wildman–Crippen MR) is 87.5 cm³/mol. The molecule has 6 nitrogen and oxygen atoms in total. The Morgan fingerprint density at radius 1 is 1.09 bits per heavy atom. The van der Waals surface area contributed by atoms with Gasteiger partial charge in [0.2, 0.25) is 0 Å². The second kappa shape index (κ2) is 5.66. The summed E-state index contributed by atoms with van der Waals surface area (Å²) >= 11 is 5.75. The first-order valence-corrected chi connectivity index (χ1v) is 7.70. The molecule has 0 aliphatic carbocycles. The van der Waals surface area contributed by atoms with E-state index < -0.39 is 5.82 Å². The maximum atomic E-state index is 14.0. The minimum Gasteiger partial charge on any atom is -0.351 e. The molecule has 4 heterocycles. The summed E-state index contributed by atoms with van der Waals surface area (Å²) in [7, 11) is 0. The van der Waals surface area contributed by atoms with Crippen LogP contribution in [-0.2, 0) is 0 Å². The molecule has 4 rings (SSSR count). The van der Waals surface area contributed by atoms with Crippen molar-refractivity contribution in [3.05, 3.63) is 41.4 Å². The molecule has 0 unspecified atom stereocenters. The summed E-state index contributed by atoms with van der Waals surface area (Å²) in [5.41, 5.74) is 1.77. The summed E-state index contributed by atoms with van der Waals surface area (Å²) in [6.45, 7) is 2.76. The van der Waals surface area contributed by atoms with E-state index in [2.05, 4.69) is 25.1 Å². The van der Waals surface area contributed by atoms with Gasteiger partial charge < -0.3 is 9.80 Å². The number of aromatic nitrogens is 4. The number of nitrogens with one attached hydrogen (secondary N) is 1. The SMILES string of the molecule is Fc1cc(Cl)cnc1N1CCN(c2n[nH]c3cccnc23)CC1. The van der Waals surface area contributed by atoms with Gasteiger partial charge in [-0.2, -0.15) is 5.10 Å². The van der Waals surface area contributed by atoms with Crippen molar-refractivity contribution in [1.82, 2.24) is 20.2 Å². The Hall–Kier alpha value is -2.41. The molecule has 1 aliphatic rings. The fourth-order valence-electron chi connectivity index (χ4n) is 2.83. The number of hydrogen-bond acceptors (Lipinski definition) is 5. The van der Waals surface area contributed by atoms with Crippen LogP contribution in [0, 0.1) is 5.82 Å². The molecular formula is C15H14ClFN6. The van der Waals surface area contributed by atoms with Crippen LogP contribution in [0.2, 0.25) is 5.02 Å². The molecular weight excluding hydrogens is 319 g/mol. The molecule has 3 aromatic heterocycles. The Morgan fingerprint density at radius 3 is 2.57 bits per heavy atom. The summed E-state index contributed by atoms with van der Waals surface area (Å²) in [6.07, 6.45) is 3.22. The Balaban J connectivity index is 1.53. The van der Waals surface area contributed by atoms with Crippen molar-refractivity contribution < 1.29 is 4.39 Å². The van der Waals surface area contributed by atoms with E-state index in [4.69, 9.17) is 11.6 Å². The molecule has 1 aliphatic heterocycles. The van der Waals surface area contributed by atoms with Crippen LogP contribution in [0.4, 0.5) is 16.0 Å². The van der Waals surface area contributed by atoms with Gasteiger partial charge in [-0.1, -0.05) is 11.6 Å². The highest BCUT2D eigenvalue weighted by Crippen LogP contribution is 2.25. The second-order valence-electron chi connectivity index (χ2n) is 5.38. The molecule has 0 saturated carbocycles. The van der Waals surface area contributed by atoms with Crippen LogP contribution in [0.3, 0.4) is 0 Å². The molecule has 0 bridgehead atoms. The number of anilines is 2. The van der Waals surface area contributed by atoms with Crippen molar-refractivity contribution in [1.29, 1.82) is 0 Å². The number of H-pyrrole nitrogens is 1. The zero-order valence-electron chi connectivity index (χ0n) is 12.2. The summed E-state index contributed by atoms with van der Waals surface area (Å²) in [5.74, 6) is 0.793. The van der Waals surface area contributed by atoms with Crippen LogP contribution in [-0.4, -0.2) is 46.3 Å². The van der Waals surface area contributed by atoms with E-state index in [1.807, 2.05) is 17.0 Å². The first-order chi connectivity index (χ1) is 11.2. The molecule has 118 valence electrons. The monoisotopic (exact) mass is 332 g/mol. The average Bonchev–Trinajstić information content (AvgIpc) is 2.99. The number of fused-ring (bicyclic) bond motifs is 1. The topological polar surface area (TPSA) is 60.9 Å². The highest BCUT2D eigenvalue weighted by atomic mass is 35.5. The van der Waals surface area contributed by atoms with Gasteiger partial charge in [0.15, 0.2) is 17.5 Å². The van der Waals surface area contributed by atoms with Crippen molar-refractivity contribution in [2.45, 2.75) is 0 Å². The first-order valence-electron chi connectivity index (χ1n) is 7.32. The van der Waals surface area contributed by atoms with Crippen molar-refractivity contribution in [2.24, 2.45) is 0 Å². The van der Waals surface area contributed by atoms with E-state index in [0.717, 1.165) is 29.9 Å². The summed E-state index contributed by atoms with van der Waals surface area (Å²) in [6, 6.07) is 5.11. The fraction of sp³-hybridized carbons (Fsp3) is 0.267. The number of pyridine rings is 2. The quantitative estimate of drug-likeness (QED) is 0.781. The first kappa shape index (κ1) is 14.2. The highest BCUT2D eigenvalue weighted by Gasteiger charge is 2.23. The molecule has 1 saturated heterocycles. The molecule has 0 spiro atoms. The van der Waals surface area contributed by atoms with Crippen LogP contribution in [0.15, 0.2) is 30.6 Å². The Labute approximate surface area is 136 Å². The van der Waals surface area contributed by atoms with Crippen LogP contribution < -0.4 is 9.80 Å². The van der Waals surface area contributed by atoms with Gasteiger partial charge in [-0.05, 0) is 18.2 Å². The zero-order valence-corrected chi connectivity index (χ0v) is 13.0. The zero-order chi connectivity index (χ0) is 15.8. The summed E-state index contributed by atoms with van der Waals surface area (Å²) in [4.78, 5) is 12.6. The van der Waals surface area contributed by atoms with Gasteiger partial charge in [-0.25, -0.2) is 9.37 Å². The maximum Gasteiger partial charge on any atom is 0.177 e. The van der Waals surface area contributed by atoms with Gasteiger partial charge >= 0.3 is 0 Å². The lowest BCUT2D eigenvalue weighted by molar-refractivity contribution is 0.587. The van der Waals surface area contributed by atoms with E-state index in [9.17, 15) is 4.39 Å². The van der Waals surface area contributed by atoms with Crippen molar-refractivity contribution in [2.75, 3.05) is 36.0 Å². The lowest BCUT2D eigenvalue weighted by Gasteiger charge is -2.35. The maximum absolute atomic E-state index is 14.0. The van der Waals surface area contributed by atoms with Crippen LogP contribution in [0.1, 0.15) is 0 Å². The minimum atomic E-state index is -0.391. The van der Waals surface area contributed by atoms with Gasteiger partial charge in [0, 0.05) is 38.6 Å². The van der Waals surface area contributed by atoms with E-state index in [1.165, 1.54) is 12.3 Å². The van der Waals surface area contributed by atoms with Crippen molar-refractivity contribution >= 4 is 34.3 Å². The molecule has 1 N–H and O–H groups in total. The van der Waals surface area contributed by atoms with Gasteiger partial charge in [-0.15, -0.1) is 0 Å². The lowest BCUT2D eigenvalue weighted by Crippen LogP contribution is -2.47. The Bertz CT molecular complexity index is 843. The summed E-state index contributed by atoms with van der Waals surface area (Å²) in [5, 5.41) is 7.65. The largest absolute Gasteiger partial charge is 0.351 e. The van der Waals surface area contributed by atoms with Crippen LogP contribution in [0.5, 0.6) is 0 Å². The molecule has 0 radical (unpaired) electrons. The lowest BCUT2D eigenvalue weighted by atomic mass is 10.3. The molecule has 0 aromatic carbocycles.